The van der Waals surface area contributed by atoms with Crippen LogP contribution in [0.4, 0.5) is 0 Å². The van der Waals surface area contributed by atoms with E-state index in [4.69, 9.17) is 4.74 Å². The Bertz CT molecular complexity index is 1090. The van der Waals surface area contributed by atoms with Crippen molar-refractivity contribution in [3.05, 3.63) is 74.1 Å². The number of thiophene rings is 2. The third-order valence-electron chi connectivity index (χ3n) is 6.21. The molecule has 0 fully saturated rings. The Labute approximate surface area is 210 Å². The molecule has 0 spiro atoms. The molecular formula is C27H32N2O3S2. The first kappa shape index (κ1) is 24.5. The molecule has 1 aliphatic heterocycles. The topological polar surface area (TPSA) is 49.9 Å². The van der Waals surface area contributed by atoms with Gasteiger partial charge in [-0.05, 0) is 64.9 Å². The number of hydrogen-bond donors (Lipinski definition) is 0. The molecule has 1 aliphatic rings. The van der Waals surface area contributed by atoms with Crippen molar-refractivity contribution in [2.75, 3.05) is 26.2 Å². The van der Waals surface area contributed by atoms with Crippen LogP contribution in [-0.4, -0.2) is 47.9 Å². The first-order chi connectivity index (χ1) is 16.5. The number of benzene rings is 1. The van der Waals surface area contributed by atoms with Crippen LogP contribution in [0.25, 0.3) is 0 Å². The lowest BCUT2D eigenvalue weighted by Crippen LogP contribution is -2.48. The predicted molar refractivity (Wildman–Crippen MR) is 139 cm³/mol. The summed E-state index contributed by atoms with van der Waals surface area (Å²) in [4.78, 5) is 32.1. The van der Waals surface area contributed by atoms with Crippen LogP contribution in [0.15, 0.2) is 53.2 Å². The lowest BCUT2D eigenvalue weighted by molar-refractivity contribution is -0.135. The van der Waals surface area contributed by atoms with Gasteiger partial charge < -0.3 is 14.5 Å². The van der Waals surface area contributed by atoms with Gasteiger partial charge in [0.15, 0.2) is 0 Å². The summed E-state index contributed by atoms with van der Waals surface area (Å²) < 4.78 is 6.18. The third kappa shape index (κ3) is 5.53. The maximum Gasteiger partial charge on any atom is 0.264 e. The van der Waals surface area contributed by atoms with E-state index in [9.17, 15) is 9.59 Å². The zero-order chi connectivity index (χ0) is 24.1. The molecule has 0 bridgehead atoms. The summed E-state index contributed by atoms with van der Waals surface area (Å²) in [5.74, 6) is 1.17. The van der Waals surface area contributed by atoms with Gasteiger partial charge in [0.1, 0.15) is 18.9 Å². The fourth-order valence-corrected chi connectivity index (χ4v) is 5.95. The first-order valence-corrected chi connectivity index (χ1v) is 13.6. The monoisotopic (exact) mass is 496 g/mol. The summed E-state index contributed by atoms with van der Waals surface area (Å²) in [5, 5.41) is 3.98. The van der Waals surface area contributed by atoms with E-state index in [0.717, 1.165) is 24.2 Å². The summed E-state index contributed by atoms with van der Waals surface area (Å²) in [6, 6.07) is 13.8. The van der Waals surface area contributed by atoms with E-state index in [1.807, 2.05) is 41.5 Å². The molecule has 1 aromatic carbocycles. The molecule has 2 amide bonds. The second-order valence-electron chi connectivity index (χ2n) is 8.89. The number of carbonyl (C=O) groups excluding carboxylic acids is 2. The van der Waals surface area contributed by atoms with E-state index in [1.165, 1.54) is 21.8 Å². The van der Waals surface area contributed by atoms with Crippen LogP contribution in [0.2, 0.25) is 0 Å². The van der Waals surface area contributed by atoms with Crippen molar-refractivity contribution >= 4 is 34.5 Å². The Balaban J connectivity index is 1.49. The highest BCUT2D eigenvalue weighted by Gasteiger charge is 2.33. The number of fused-ring (bicyclic) bond motifs is 1. The Morgan fingerprint density at radius 2 is 1.91 bits per heavy atom. The highest BCUT2D eigenvalue weighted by molar-refractivity contribution is 7.12. The summed E-state index contributed by atoms with van der Waals surface area (Å²) in [5.41, 5.74) is 2.43. The Hall–Kier alpha value is -2.64. The van der Waals surface area contributed by atoms with Crippen LogP contribution in [0, 0.1) is 0 Å². The van der Waals surface area contributed by atoms with Crippen LogP contribution in [0.1, 0.15) is 64.8 Å². The number of rotatable bonds is 9. The maximum atomic E-state index is 13.5. The van der Waals surface area contributed by atoms with Gasteiger partial charge in [-0.1, -0.05) is 39.0 Å². The van der Waals surface area contributed by atoms with Gasteiger partial charge in [-0.25, -0.2) is 0 Å². The SMILES string of the molecule is CCCN(CC(=O)N1CCc2sccc2C1COc1ccc(C(C)C)cc1)C(=O)c1cccs1. The van der Waals surface area contributed by atoms with Gasteiger partial charge >= 0.3 is 0 Å². The van der Waals surface area contributed by atoms with E-state index in [2.05, 4.69) is 37.4 Å². The quantitative estimate of drug-likeness (QED) is 0.366. The molecule has 1 unspecified atom stereocenters. The van der Waals surface area contributed by atoms with Crippen molar-refractivity contribution in [3.8, 4) is 5.75 Å². The van der Waals surface area contributed by atoms with E-state index in [1.54, 1.807) is 16.2 Å². The minimum atomic E-state index is -0.160. The van der Waals surface area contributed by atoms with Crippen LogP contribution in [0.3, 0.4) is 0 Å². The molecule has 0 saturated carbocycles. The second-order valence-corrected chi connectivity index (χ2v) is 10.8. The van der Waals surface area contributed by atoms with Crippen molar-refractivity contribution in [1.82, 2.24) is 9.80 Å². The third-order valence-corrected chi connectivity index (χ3v) is 8.06. The molecule has 0 aliphatic carbocycles. The average molecular weight is 497 g/mol. The fourth-order valence-electron chi connectivity index (χ4n) is 4.33. The normalized spacial score (nSPS) is 15.3. The molecule has 2 aromatic heterocycles. The van der Waals surface area contributed by atoms with Gasteiger partial charge in [0.2, 0.25) is 5.91 Å². The van der Waals surface area contributed by atoms with E-state index < -0.39 is 0 Å². The van der Waals surface area contributed by atoms with Gasteiger partial charge in [-0.3, -0.25) is 9.59 Å². The minimum absolute atomic E-state index is 0.0287. The zero-order valence-electron chi connectivity index (χ0n) is 20.0. The molecule has 0 saturated heterocycles. The van der Waals surface area contributed by atoms with Crippen molar-refractivity contribution < 1.29 is 14.3 Å². The Morgan fingerprint density at radius 3 is 2.59 bits per heavy atom. The fraction of sp³-hybridized carbons (Fsp3) is 0.407. The second kappa shape index (κ2) is 11.2. The summed E-state index contributed by atoms with van der Waals surface area (Å²) in [6.07, 6.45) is 1.64. The van der Waals surface area contributed by atoms with Crippen molar-refractivity contribution in [3.63, 3.8) is 0 Å². The number of hydrogen-bond acceptors (Lipinski definition) is 5. The van der Waals surface area contributed by atoms with Gasteiger partial charge in [-0.2, -0.15) is 0 Å². The van der Waals surface area contributed by atoms with Crippen molar-refractivity contribution in [2.24, 2.45) is 0 Å². The summed E-state index contributed by atoms with van der Waals surface area (Å²) in [6.45, 7) is 8.05. The van der Waals surface area contributed by atoms with Gasteiger partial charge in [-0.15, -0.1) is 22.7 Å². The van der Waals surface area contributed by atoms with E-state index >= 15 is 0 Å². The van der Waals surface area contributed by atoms with Crippen molar-refractivity contribution in [2.45, 2.75) is 45.6 Å². The molecule has 5 nitrogen and oxygen atoms in total. The molecule has 34 heavy (non-hydrogen) atoms. The number of nitrogens with zero attached hydrogens (tertiary/aromatic N) is 2. The molecule has 3 heterocycles. The molecule has 0 radical (unpaired) electrons. The largest absolute Gasteiger partial charge is 0.491 e. The molecule has 1 atom stereocenters. The lowest BCUT2D eigenvalue weighted by Gasteiger charge is -2.37. The number of carbonyl (C=O) groups is 2. The van der Waals surface area contributed by atoms with E-state index in [-0.39, 0.29) is 24.4 Å². The van der Waals surface area contributed by atoms with Crippen molar-refractivity contribution in [1.29, 1.82) is 0 Å². The minimum Gasteiger partial charge on any atom is -0.491 e. The summed E-state index contributed by atoms with van der Waals surface area (Å²) in [7, 11) is 0. The number of ether oxygens (including phenoxy) is 1. The highest BCUT2D eigenvalue weighted by atomic mass is 32.1. The highest BCUT2D eigenvalue weighted by Crippen LogP contribution is 2.34. The van der Waals surface area contributed by atoms with Gasteiger partial charge in [0.25, 0.3) is 5.91 Å². The molecule has 7 heteroatoms. The molecule has 3 aromatic rings. The van der Waals surface area contributed by atoms with Crippen LogP contribution < -0.4 is 4.74 Å². The van der Waals surface area contributed by atoms with Gasteiger partial charge in [0.05, 0.1) is 10.9 Å². The lowest BCUT2D eigenvalue weighted by atomic mass is 10.00. The van der Waals surface area contributed by atoms with E-state index in [0.29, 0.717) is 30.5 Å². The number of amides is 2. The Kier molecular flexibility index (Phi) is 8.06. The standard InChI is InChI=1S/C27H32N2O3S2/c1-4-13-28(27(31)25-6-5-15-33-25)17-26(30)29-14-11-24-22(12-16-34-24)23(29)18-32-21-9-7-20(8-10-21)19(2)3/h5-10,12,15-16,19,23H,4,11,13-14,17-18H2,1-3H3. The van der Waals surface area contributed by atoms with Crippen LogP contribution in [-0.2, 0) is 11.2 Å². The maximum absolute atomic E-state index is 13.5. The first-order valence-electron chi connectivity index (χ1n) is 11.9. The Morgan fingerprint density at radius 1 is 1.12 bits per heavy atom. The summed E-state index contributed by atoms with van der Waals surface area (Å²) >= 11 is 3.15. The molecule has 0 N–H and O–H groups in total. The molecular weight excluding hydrogens is 464 g/mol. The van der Waals surface area contributed by atoms with Crippen LogP contribution in [0.5, 0.6) is 5.75 Å². The smallest absolute Gasteiger partial charge is 0.264 e. The van der Waals surface area contributed by atoms with Gasteiger partial charge in [0, 0.05) is 18.0 Å². The molecule has 180 valence electrons. The van der Waals surface area contributed by atoms with Crippen LogP contribution >= 0.6 is 22.7 Å². The predicted octanol–water partition coefficient (Wildman–Crippen LogP) is 5.99. The molecule has 4 rings (SSSR count). The average Bonchev–Trinajstić information content (AvgIpc) is 3.54. The zero-order valence-corrected chi connectivity index (χ0v) is 21.7.